The summed E-state index contributed by atoms with van der Waals surface area (Å²) in [7, 11) is -2.86. The quantitative estimate of drug-likeness (QED) is 0.231. The van der Waals surface area contributed by atoms with Gasteiger partial charge in [0.1, 0.15) is 18.4 Å². The smallest absolute Gasteiger partial charge is 0.264 e. The third-order valence-electron chi connectivity index (χ3n) is 6.59. The Kier molecular flexibility index (Phi) is 10.2. The second-order valence-corrected chi connectivity index (χ2v) is 12.0. The fourth-order valence-corrected chi connectivity index (χ4v) is 6.32. The molecule has 0 spiro atoms. The Hall–Kier alpha value is -3.92. The number of hydrogen-bond acceptors (Lipinski definition) is 4. The number of rotatable bonds is 11. The number of sulfonamides is 1. The van der Waals surface area contributed by atoms with Gasteiger partial charge in [0.25, 0.3) is 10.0 Å². The molecule has 11 heteroatoms. The van der Waals surface area contributed by atoms with Crippen LogP contribution in [0.3, 0.4) is 0 Å². The first-order valence-electron chi connectivity index (χ1n) is 12.9. The van der Waals surface area contributed by atoms with Crippen molar-refractivity contribution in [3.63, 3.8) is 0 Å². The van der Waals surface area contributed by atoms with E-state index >= 15 is 0 Å². The van der Waals surface area contributed by atoms with E-state index in [4.69, 9.17) is 23.2 Å². The van der Waals surface area contributed by atoms with Gasteiger partial charge in [-0.1, -0.05) is 89.9 Å². The second-order valence-electron chi connectivity index (χ2n) is 9.37. The maximum Gasteiger partial charge on any atom is 0.264 e. The van der Waals surface area contributed by atoms with Gasteiger partial charge in [0.2, 0.25) is 11.8 Å². The molecule has 0 fully saturated rings. The van der Waals surface area contributed by atoms with Crippen LogP contribution in [0, 0.1) is 5.82 Å². The first-order chi connectivity index (χ1) is 20.1. The van der Waals surface area contributed by atoms with Crippen LogP contribution in [0.15, 0.2) is 108 Å². The third-order valence-corrected chi connectivity index (χ3v) is 9.18. The molecule has 4 rings (SSSR count). The highest BCUT2D eigenvalue weighted by atomic mass is 35.5. The van der Waals surface area contributed by atoms with E-state index in [1.165, 1.54) is 66.5 Å². The lowest BCUT2D eigenvalue weighted by atomic mass is 10.0. The van der Waals surface area contributed by atoms with Gasteiger partial charge in [-0.15, -0.1) is 0 Å². The Morgan fingerprint density at radius 1 is 0.833 bits per heavy atom. The summed E-state index contributed by atoms with van der Waals surface area (Å²) < 4.78 is 42.4. The van der Waals surface area contributed by atoms with E-state index in [1.54, 1.807) is 18.2 Å². The predicted octanol–water partition coefficient (Wildman–Crippen LogP) is 5.71. The van der Waals surface area contributed by atoms with Gasteiger partial charge in [0.15, 0.2) is 0 Å². The highest BCUT2D eigenvalue weighted by Crippen LogP contribution is 2.35. The van der Waals surface area contributed by atoms with Gasteiger partial charge in [-0.25, -0.2) is 12.8 Å². The zero-order chi connectivity index (χ0) is 30.3. The minimum absolute atomic E-state index is 0.00246. The van der Waals surface area contributed by atoms with Crippen molar-refractivity contribution in [1.29, 1.82) is 0 Å². The lowest BCUT2D eigenvalue weighted by Crippen LogP contribution is -2.53. The van der Waals surface area contributed by atoms with Crippen LogP contribution in [0.4, 0.5) is 10.1 Å². The van der Waals surface area contributed by atoms with Crippen molar-refractivity contribution in [3.05, 3.63) is 130 Å². The van der Waals surface area contributed by atoms with Crippen molar-refractivity contribution in [1.82, 2.24) is 10.2 Å². The molecule has 0 aliphatic carbocycles. The molecule has 0 radical (unpaired) electrons. The van der Waals surface area contributed by atoms with Crippen molar-refractivity contribution >= 4 is 50.7 Å². The summed E-state index contributed by atoms with van der Waals surface area (Å²) >= 11 is 12.7. The molecule has 0 heterocycles. The van der Waals surface area contributed by atoms with Gasteiger partial charge in [-0.3, -0.25) is 13.9 Å². The Morgan fingerprint density at radius 3 is 2.07 bits per heavy atom. The van der Waals surface area contributed by atoms with Gasteiger partial charge in [-0.05, 0) is 47.5 Å². The Bertz CT molecular complexity index is 1640. The van der Waals surface area contributed by atoms with Gasteiger partial charge in [0.05, 0.1) is 20.6 Å². The molecule has 0 aliphatic rings. The van der Waals surface area contributed by atoms with Crippen LogP contribution < -0.4 is 9.62 Å². The van der Waals surface area contributed by atoms with Gasteiger partial charge >= 0.3 is 0 Å². The maximum absolute atomic E-state index is 14.2. The predicted molar refractivity (Wildman–Crippen MR) is 162 cm³/mol. The molecule has 1 atom stereocenters. The van der Waals surface area contributed by atoms with E-state index in [2.05, 4.69) is 5.32 Å². The van der Waals surface area contributed by atoms with Crippen LogP contribution in [0.5, 0.6) is 0 Å². The van der Waals surface area contributed by atoms with Crippen LogP contribution >= 0.6 is 23.2 Å². The number of halogens is 3. The summed E-state index contributed by atoms with van der Waals surface area (Å²) in [6.07, 6.45) is 0.150. The number of anilines is 1. The molecule has 1 unspecified atom stereocenters. The Morgan fingerprint density at radius 2 is 1.45 bits per heavy atom. The molecule has 2 amide bonds. The zero-order valence-corrected chi connectivity index (χ0v) is 24.9. The van der Waals surface area contributed by atoms with Crippen molar-refractivity contribution in [3.8, 4) is 0 Å². The molecule has 4 aromatic rings. The van der Waals surface area contributed by atoms with Gasteiger partial charge < -0.3 is 10.2 Å². The first kappa shape index (κ1) is 31.0. The van der Waals surface area contributed by atoms with E-state index in [1.807, 2.05) is 30.3 Å². The van der Waals surface area contributed by atoms with Crippen LogP contribution in [0.2, 0.25) is 10.0 Å². The van der Waals surface area contributed by atoms with Crippen LogP contribution in [0.1, 0.15) is 11.1 Å². The lowest BCUT2D eigenvalue weighted by Gasteiger charge is -2.33. The molecule has 0 bridgehead atoms. The number of amides is 2. The van der Waals surface area contributed by atoms with Crippen LogP contribution in [-0.2, 0) is 32.6 Å². The standard InChI is InChI=1S/C31H28Cl2FN3O4S/c1-35-31(39)28(19-22-9-4-2-5-10-22)36(20-23-15-17-24(34)18-16-23)29(38)21-37(27-14-8-13-26(32)30(27)33)42(40,41)25-11-6-3-7-12-25/h2-18,28H,19-21H2,1H3,(H,35,39). The van der Waals surface area contributed by atoms with E-state index < -0.39 is 40.2 Å². The average molecular weight is 629 g/mol. The normalized spacial score (nSPS) is 11.9. The Labute approximate surface area is 254 Å². The molecule has 0 aliphatic heterocycles. The average Bonchev–Trinajstić information content (AvgIpc) is 3.00. The number of hydrogen-bond donors (Lipinski definition) is 1. The van der Waals surface area contributed by atoms with E-state index in [0.717, 1.165) is 9.87 Å². The van der Waals surface area contributed by atoms with E-state index in [9.17, 15) is 22.4 Å². The number of likely N-dealkylation sites (N-methyl/N-ethyl adjacent to an activating group) is 1. The monoisotopic (exact) mass is 627 g/mol. The topological polar surface area (TPSA) is 86.8 Å². The molecular weight excluding hydrogens is 600 g/mol. The summed E-state index contributed by atoms with van der Waals surface area (Å²) in [6, 6.07) is 25.7. The number of nitrogens with zero attached hydrogens (tertiary/aromatic N) is 2. The fraction of sp³-hybridized carbons (Fsp3) is 0.161. The molecule has 42 heavy (non-hydrogen) atoms. The summed E-state index contributed by atoms with van der Waals surface area (Å²) in [4.78, 5) is 28.7. The minimum atomic E-state index is -4.32. The molecule has 0 saturated heterocycles. The third kappa shape index (κ3) is 7.28. The second kappa shape index (κ2) is 13.8. The summed E-state index contributed by atoms with van der Waals surface area (Å²) in [5.41, 5.74) is 1.34. The van der Waals surface area contributed by atoms with Crippen molar-refractivity contribution < 1.29 is 22.4 Å². The number of nitrogens with one attached hydrogen (secondary N) is 1. The molecule has 0 saturated carbocycles. The number of carbonyl (C=O) groups excluding carboxylic acids is 2. The maximum atomic E-state index is 14.2. The van der Waals surface area contributed by atoms with Crippen molar-refractivity contribution in [2.45, 2.75) is 23.9 Å². The fourth-order valence-electron chi connectivity index (χ4n) is 4.43. The largest absolute Gasteiger partial charge is 0.357 e. The molecular formula is C31H28Cl2FN3O4S. The van der Waals surface area contributed by atoms with Crippen LogP contribution in [0.25, 0.3) is 0 Å². The SMILES string of the molecule is CNC(=O)C(Cc1ccccc1)N(Cc1ccc(F)cc1)C(=O)CN(c1cccc(Cl)c1Cl)S(=O)(=O)c1ccccc1. The molecule has 7 nitrogen and oxygen atoms in total. The lowest BCUT2D eigenvalue weighted by molar-refractivity contribution is -0.139. The van der Waals surface area contributed by atoms with Crippen molar-refractivity contribution in [2.24, 2.45) is 0 Å². The van der Waals surface area contributed by atoms with Gasteiger partial charge in [-0.2, -0.15) is 0 Å². The van der Waals surface area contributed by atoms with E-state index in [0.29, 0.717) is 5.56 Å². The molecule has 1 N–H and O–H groups in total. The van der Waals surface area contributed by atoms with E-state index in [-0.39, 0.29) is 33.6 Å². The van der Waals surface area contributed by atoms with Gasteiger partial charge in [0, 0.05) is 20.0 Å². The van der Waals surface area contributed by atoms with Crippen LogP contribution in [-0.4, -0.2) is 44.8 Å². The molecule has 4 aromatic carbocycles. The summed E-state index contributed by atoms with van der Waals surface area (Å²) in [5, 5.41) is 2.66. The zero-order valence-electron chi connectivity index (χ0n) is 22.6. The first-order valence-corrected chi connectivity index (χ1v) is 15.1. The number of carbonyl (C=O) groups is 2. The Balaban J connectivity index is 1.81. The number of benzene rings is 4. The minimum Gasteiger partial charge on any atom is -0.357 e. The van der Waals surface area contributed by atoms with Crippen molar-refractivity contribution in [2.75, 3.05) is 17.9 Å². The summed E-state index contributed by atoms with van der Waals surface area (Å²) in [6.45, 7) is -0.784. The highest BCUT2D eigenvalue weighted by Gasteiger charge is 2.35. The molecule has 218 valence electrons. The summed E-state index contributed by atoms with van der Waals surface area (Å²) in [5.74, 6) is -1.59. The highest BCUT2D eigenvalue weighted by molar-refractivity contribution is 7.92. The molecule has 0 aromatic heterocycles.